The van der Waals surface area contributed by atoms with Crippen molar-refractivity contribution in [3.05, 3.63) is 57.2 Å². The van der Waals surface area contributed by atoms with Crippen LogP contribution in [0.15, 0.2) is 35.1 Å². The minimum absolute atomic E-state index is 0.0583. The summed E-state index contributed by atoms with van der Waals surface area (Å²) in [6, 6.07) is 9.41. The molecule has 4 aromatic rings. The van der Waals surface area contributed by atoms with E-state index in [0.717, 1.165) is 18.7 Å². The number of fused-ring (bicyclic) bond motifs is 3. The van der Waals surface area contributed by atoms with Crippen molar-refractivity contribution in [1.29, 1.82) is 0 Å². The van der Waals surface area contributed by atoms with Crippen LogP contribution in [0.4, 0.5) is 5.82 Å². The first-order chi connectivity index (χ1) is 15.8. The van der Waals surface area contributed by atoms with E-state index in [9.17, 15) is 4.79 Å². The van der Waals surface area contributed by atoms with Gasteiger partial charge in [-0.25, -0.2) is 9.20 Å². The summed E-state index contributed by atoms with van der Waals surface area (Å²) in [5.41, 5.74) is 2.36. The van der Waals surface area contributed by atoms with E-state index in [2.05, 4.69) is 46.1 Å². The van der Waals surface area contributed by atoms with Crippen molar-refractivity contribution in [2.45, 2.75) is 33.7 Å². The summed E-state index contributed by atoms with van der Waals surface area (Å²) in [5, 5.41) is 18.3. The second-order valence-electron chi connectivity index (χ2n) is 9.54. The summed E-state index contributed by atoms with van der Waals surface area (Å²) < 4.78 is 8.76. The summed E-state index contributed by atoms with van der Waals surface area (Å²) >= 11 is 6.07. The smallest absolute Gasteiger partial charge is 0.336 e. The van der Waals surface area contributed by atoms with Gasteiger partial charge in [-0.05, 0) is 23.1 Å². The molecule has 1 aliphatic rings. The van der Waals surface area contributed by atoms with Crippen molar-refractivity contribution in [2.75, 3.05) is 31.2 Å². The van der Waals surface area contributed by atoms with Crippen molar-refractivity contribution in [3.63, 3.8) is 0 Å². The molecule has 10 heteroatoms. The quantitative estimate of drug-likeness (QED) is 0.455. The minimum atomic E-state index is -0.197. The van der Waals surface area contributed by atoms with E-state index >= 15 is 0 Å². The Morgan fingerprint density at radius 1 is 1.03 bits per heavy atom. The lowest BCUT2D eigenvalue weighted by molar-refractivity contribution is 0.122. The second kappa shape index (κ2) is 8.39. The predicted octanol–water partition coefficient (Wildman–Crippen LogP) is 2.96. The van der Waals surface area contributed by atoms with Gasteiger partial charge in [-0.15, -0.1) is 20.4 Å². The van der Waals surface area contributed by atoms with E-state index in [1.165, 1.54) is 0 Å². The van der Waals surface area contributed by atoms with Crippen LogP contribution in [0, 0.1) is 5.41 Å². The Kier molecular flexibility index (Phi) is 5.54. The van der Waals surface area contributed by atoms with Crippen LogP contribution in [-0.4, -0.2) is 55.7 Å². The van der Waals surface area contributed by atoms with Gasteiger partial charge in [0.1, 0.15) is 5.82 Å². The van der Waals surface area contributed by atoms with Gasteiger partial charge in [0.15, 0.2) is 17.0 Å². The van der Waals surface area contributed by atoms with Crippen molar-refractivity contribution in [2.24, 2.45) is 5.41 Å². The molecule has 0 spiro atoms. The predicted molar refractivity (Wildman–Crippen MR) is 127 cm³/mol. The van der Waals surface area contributed by atoms with Crippen LogP contribution in [0.25, 0.3) is 16.7 Å². The number of hydrogen-bond donors (Lipinski definition) is 0. The first-order valence-electron chi connectivity index (χ1n) is 11.0. The van der Waals surface area contributed by atoms with Crippen LogP contribution in [0.3, 0.4) is 0 Å². The van der Waals surface area contributed by atoms with Gasteiger partial charge < -0.3 is 9.64 Å². The molecule has 1 aromatic carbocycles. The maximum Gasteiger partial charge on any atom is 0.336 e. The summed E-state index contributed by atoms with van der Waals surface area (Å²) in [7, 11) is 0. The molecule has 1 saturated heterocycles. The number of benzene rings is 1. The largest absolute Gasteiger partial charge is 0.378 e. The highest BCUT2D eigenvalue weighted by Crippen LogP contribution is 2.24. The molecule has 0 aliphatic carbocycles. The topological polar surface area (TPSA) is 90.4 Å². The van der Waals surface area contributed by atoms with Crippen molar-refractivity contribution >= 4 is 34.1 Å². The Labute approximate surface area is 196 Å². The number of rotatable bonds is 4. The molecule has 4 heterocycles. The Hall–Kier alpha value is -3.04. The molecule has 5 rings (SSSR count). The fraction of sp³-hybridized carbons (Fsp3) is 0.435. The highest BCUT2D eigenvalue weighted by atomic mass is 35.5. The number of nitrogens with zero attached hydrogens (tertiary/aromatic N) is 7. The lowest BCUT2D eigenvalue weighted by Crippen LogP contribution is -2.37. The van der Waals surface area contributed by atoms with E-state index in [4.69, 9.17) is 16.3 Å². The summed E-state index contributed by atoms with van der Waals surface area (Å²) in [4.78, 5) is 15.9. The van der Waals surface area contributed by atoms with Crippen molar-refractivity contribution in [3.8, 4) is 0 Å². The molecule has 0 atom stereocenters. The van der Waals surface area contributed by atoms with Crippen molar-refractivity contribution in [1.82, 2.24) is 29.4 Å². The first-order valence-corrected chi connectivity index (χ1v) is 11.4. The third-order valence-electron chi connectivity index (χ3n) is 5.69. The highest BCUT2D eigenvalue weighted by Gasteiger charge is 2.23. The number of halogens is 1. The molecule has 172 valence electrons. The normalized spacial score (nSPS) is 15.0. The fourth-order valence-electron chi connectivity index (χ4n) is 4.09. The second-order valence-corrected chi connectivity index (χ2v) is 9.98. The lowest BCUT2D eigenvalue weighted by atomic mass is 9.92. The molecular formula is C23H26ClN7O2. The van der Waals surface area contributed by atoms with Gasteiger partial charge in [-0.2, -0.15) is 0 Å². The third kappa shape index (κ3) is 4.30. The van der Waals surface area contributed by atoms with E-state index in [1.807, 2.05) is 30.3 Å². The average Bonchev–Trinajstić information content (AvgIpc) is 3.20. The van der Waals surface area contributed by atoms with Gasteiger partial charge in [0.2, 0.25) is 0 Å². The summed E-state index contributed by atoms with van der Waals surface area (Å²) in [6.45, 7) is 9.41. The van der Waals surface area contributed by atoms with E-state index in [0.29, 0.717) is 59.5 Å². The standard InChI is InChI=1S/C23H26ClN7O2/c1-23(2,3)13-19-26-28-21-20-17(12-18(25-27-20)29-8-10-33-11-9-29)30(22(32)31(19)21)14-15-4-6-16(24)7-5-15/h4-7,12H,8-11,13-14H2,1-3H3. The van der Waals surface area contributed by atoms with Gasteiger partial charge in [-0.1, -0.05) is 44.5 Å². The highest BCUT2D eigenvalue weighted by molar-refractivity contribution is 6.30. The van der Waals surface area contributed by atoms with Crippen LogP contribution >= 0.6 is 11.6 Å². The third-order valence-corrected chi connectivity index (χ3v) is 5.95. The molecule has 0 unspecified atom stereocenters. The van der Waals surface area contributed by atoms with Crippen LogP contribution in [0.1, 0.15) is 32.2 Å². The Bertz CT molecular complexity index is 1370. The van der Waals surface area contributed by atoms with Gasteiger partial charge >= 0.3 is 5.69 Å². The molecule has 0 radical (unpaired) electrons. The molecule has 1 fully saturated rings. The molecule has 3 aromatic heterocycles. The molecule has 0 bridgehead atoms. The molecule has 0 amide bonds. The molecular weight excluding hydrogens is 442 g/mol. The van der Waals surface area contributed by atoms with Crippen molar-refractivity contribution < 1.29 is 4.74 Å². The van der Waals surface area contributed by atoms with Crippen LogP contribution < -0.4 is 10.6 Å². The van der Waals surface area contributed by atoms with Gasteiger partial charge in [-0.3, -0.25) is 4.57 Å². The maximum atomic E-state index is 13.8. The maximum absolute atomic E-state index is 13.8. The first kappa shape index (κ1) is 21.8. The molecule has 9 nitrogen and oxygen atoms in total. The Morgan fingerprint density at radius 3 is 2.45 bits per heavy atom. The van der Waals surface area contributed by atoms with Crippen LogP contribution in [0.5, 0.6) is 0 Å². The molecule has 0 saturated carbocycles. The number of ether oxygens (including phenoxy) is 1. The lowest BCUT2D eigenvalue weighted by Gasteiger charge is -2.27. The number of morpholine rings is 1. The van der Waals surface area contributed by atoms with Gasteiger partial charge in [0.25, 0.3) is 0 Å². The average molecular weight is 468 g/mol. The zero-order valence-electron chi connectivity index (χ0n) is 19.0. The zero-order chi connectivity index (χ0) is 23.2. The van der Waals surface area contributed by atoms with Crippen LogP contribution in [-0.2, 0) is 17.7 Å². The zero-order valence-corrected chi connectivity index (χ0v) is 19.7. The Morgan fingerprint density at radius 2 is 1.76 bits per heavy atom. The summed E-state index contributed by atoms with van der Waals surface area (Å²) in [5.74, 6) is 1.34. The SMILES string of the molecule is CC(C)(C)Cc1nnc2c3nnc(N4CCOCC4)cc3n(Cc3ccc(Cl)cc3)c(=O)n12. The monoisotopic (exact) mass is 467 g/mol. The van der Waals surface area contributed by atoms with Gasteiger partial charge in [0, 0.05) is 30.6 Å². The van der Waals surface area contributed by atoms with Crippen LogP contribution in [0.2, 0.25) is 5.02 Å². The minimum Gasteiger partial charge on any atom is -0.378 e. The van der Waals surface area contributed by atoms with E-state index in [-0.39, 0.29) is 11.1 Å². The van der Waals surface area contributed by atoms with E-state index < -0.39 is 0 Å². The van der Waals surface area contributed by atoms with Gasteiger partial charge in [0.05, 0.1) is 25.3 Å². The number of anilines is 1. The molecule has 0 N–H and O–H groups in total. The number of hydrogen-bond acceptors (Lipinski definition) is 7. The fourth-order valence-corrected chi connectivity index (χ4v) is 4.22. The molecule has 1 aliphatic heterocycles. The summed E-state index contributed by atoms with van der Waals surface area (Å²) in [6.07, 6.45) is 0.606. The number of aromatic nitrogens is 6. The molecule has 33 heavy (non-hydrogen) atoms. The Balaban J connectivity index is 1.73. The van der Waals surface area contributed by atoms with E-state index in [1.54, 1.807) is 8.97 Å².